The normalized spacial score (nSPS) is 11.1. The smallest absolute Gasteiger partial charge is 0.0417 e. The first-order valence-electron chi connectivity index (χ1n) is 9.19. The van der Waals surface area contributed by atoms with E-state index in [1.165, 1.54) is 103 Å². The molecule has 0 atom stereocenters. The van der Waals surface area contributed by atoms with Crippen molar-refractivity contribution in [2.75, 3.05) is 0 Å². The molecule has 0 aliphatic heterocycles. The molecule has 0 nitrogen and oxygen atoms in total. The van der Waals surface area contributed by atoms with Gasteiger partial charge in [0.1, 0.15) is 0 Å². The largest absolute Gasteiger partial charge is 0.0654 e. The van der Waals surface area contributed by atoms with Crippen LogP contribution in [0.5, 0.6) is 0 Å². The summed E-state index contributed by atoms with van der Waals surface area (Å²) in [5, 5.41) is 0. The average Bonchev–Trinajstić information content (AvgIpc) is 2.43. The molecule has 0 bridgehead atoms. The van der Waals surface area contributed by atoms with Crippen molar-refractivity contribution in [2.24, 2.45) is 0 Å². The molecule has 0 rings (SSSR count). The van der Waals surface area contributed by atoms with Gasteiger partial charge >= 0.3 is 0 Å². The van der Waals surface area contributed by atoms with Gasteiger partial charge in [-0.1, -0.05) is 117 Å². The van der Waals surface area contributed by atoms with Gasteiger partial charge in [0.05, 0.1) is 0 Å². The van der Waals surface area contributed by atoms with Gasteiger partial charge in [-0.3, -0.25) is 0 Å². The third kappa shape index (κ3) is 18.0. The third-order valence-corrected chi connectivity index (χ3v) is 4.10. The van der Waals surface area contributed by atoms with Crippen LogP contribution in [0.4, 0.5) is 0 Å². The molecule has 0 fully saturated rings. The Morgan fingerprint density at radius 3 is 1.11 bits per heavy atom. The van der Waals surface area contributed by atoms with Gasteiger partial charge < -0.3 is 0 Å². The van der Waals surface area contributed by atoms with E-state index in [-0.39, 0.29) is 0 Å². The fourth-order valence-electron chi connectivity index (χ4n) is 2.72. The second-order valence-electron chi connectivity index (χ2n) is 6.15. The standard InChI is InChI=1S/C19H39/c1-3-5-7-9-11-13-15-17-19-18-16-14-12-10-8-6-4-2/h3H,4-19H2,1-2H3. The highest BCUT2D eigenvalue weighted by molar-refractivity contribution is 4.55. The van der Waals surface area contributed by atoms with Crippen LogP contribution < -0.4 is 0 Å². The van der Waals surface area contributed by atoms with Crippen LogP contribution in [0.25, 0.3) is 0 Å². The molecule has 1 radical (unpaired) electrons. The van der Waals surface area contributed by atoms with E-state index >= 15 is 0 Å². The lowest BCUT2D eigenvalue weighted by Crippen LogP contribution is -1.83. The van der Waals surface area contributed by atoms with Crippen LogP contribution >= 0.6 is 0 Å². The van der Waals surface area contributed by atoms with E-state index in [2.05, 4.69) is 20.3 Å². The van der Waals surface area contributed by atoms with Crippen molar-refractivity contribution >= 4 is 0 Å². The van der Waals surface area contributed by atoms with Crippen LogP contribution in [0, 0.1) is 6.42 Å². The molecule has 0 aliphatic rings. The summed E-state index contributed by atoms with van der Waals surface area (Å²) in [5.74, 6) is 0. The van der Waals surface area contributed by atoms with Crippen LogP contribution in [-0.4, -0.2) is 0 Å². The van der Waals surface area contributed by atoms with Crippen molar-refractivity contribution in [1.82, 2.24) is 0 Å². The molecule has 0 spiro atoms. The highest BCUT2D eigenvalue weighted by Gasteiger charge is 1.94. The first-order valence-corrected chi connectivity index (χ1v) is 9.19. The topological polar surface area (TPSA) is 0 Å². The average molecular weight is 268 g/mol. The lowest BCUT2D eigenvalue weighted by Gasteiger charge is -2.03. The van der Waals surface area contributed by atoms with Gasteiger partial charge in [0.2, 0.25) is 0 Å². The van der Waals surface area contributed by atoms with Crippen LogP contribution in [0.2, 0.25) is 0 Å². The SMILES string of the molecule is C[CH]CCCCCCCCCCCCCCCCC. The first kappa shape index (κ1) is 19.0. The molecule has 0 amide bonds. The first-order chi connectivity index (χ1) is 9.41. The van der Waals surface area contributed by atoms with Crippen molar-refractivity contribution in [3.63, 3.8) is 0 Å². The number of hydrogen-bond donors (Lipinski definition) is 0. The van der Waals surface area contributed by atoms with Gasteiger partial charge in [-0.25, -0.2) is 0 Å². The zero-order valence-corrected chi connectivity index (χ0v) is 13.9. The fraction of sp³-hybridized carbons (Fsp3) is 0.947. The molecule has 0 saturated carbocycles. The van der Waals surface area contributed by atoms with Crippen molar-refractivity contribution < 1.29 is 0 Å². The summed E-state index contributed by atoms with van der Waals surface area (Å²) in [4.78, 5) is 0. The Morgan fingerprint density at radius 2 is 0.789 bits per heavy atom. The van der Waals surface area contributed by atoms with E-state index in [0.717, 1.165) is 0 Å². The molecule has 19 heavy (non-hydrogen) atoms. The molecular weight excluding hydrogens is 228 g/mol. The lowest BCUT2D eigenvalue weighted by molar-refractivity contribution is 0.532. The van der Waals surface area contributed by atoms with Gasteiger partial charge in [0.15, 0.2) is 0 Å². The summed E-state index contributed by atoms with van der Waals surface area (Å²) in [6.45, 7) is 4.46. The van der Waals surface area contributed by atoms with Gasteiger partial charge in [-0.15, -0.1) is 0 Å². The molecule has 0 aromatic carbocycles. The second-order valence-corrected chi connectivity index (χ2v) is 6.15. The van der Waals surface area contributed by atoms with Gasteiger partial charge in [0, 0.05) is 0 Å². The van der Waals surface area contributed by atoms with Crippen molar-refractivity contribution in [3.8, 4) is 0 Å². The zero-order valence-electron chi connectivity index (χ0n) is 13.9. The Labute approximate surface area is 123 Å². The summed E-state index contributed by atoms with van der Waals surface area (Å²) in [7, 11) is 0. The molecule has 0 aromatic heterocycles. The maximum Gasteiger partial charge on any atom is -0.0417 e. The molecule has 115 valence electrons. The molecular formula is C19H39. The van der Waals surface area contributed by atoms with Gasteiger partial charge in [-0.05, 0) is 6.42 Å². The number of rotatable bonds is 16. The summed E-state index contributed by atoms with van der Waals surface area (Å²) in [6, 6.07) is 0. The number of unbranched alkanes of at least 4 members (excludes halogenated alkanes) is 16. The minimum atomic E-state index is 1.32. The van der Waals surface area contributed by atoms with E-state index in [4.69, 9.17) is 0 Å². The summed E-state index contributed by atoms with van der Waals surface area (Å²) >= 11 is 0. The lowest BCUT2D eigenvalue weighted by atomic mass is 10.0. The summed E-state index contributed by atoms with van der Waals surface area (Å²) in [5.41, 5.74) is 0. The second kappa shape index (κ2) is 18.0. The zero-order chi connectivity index (χ0) is 14.0. The maximum atomic E-state index is 2.29. The van der Waals surface area contributed by atoms with Crippen molar-refractivity contribution in [1.29, 1.82) is 0 Å². The van der Waals surface area contributed by atoms with E-state index in [9.17, 15) is 0 Å². The van der Waals surface area contributed by atoms with E-state index in [0.29, 0.717) is 0 Å². The summed E-state index contributed by atoms with van der Waals surface area (Å²) in [6.07, 6.45) is 25.5. The maximum absolute atomic E-state index is 2.29. The Hall–Kier alpha value is 0. The molecule has 0 saturated heterocycles. The Kier molecular flexibility index (Phi) is 18.0. The number of hydrogen-bond acceptors (Lipinski definition) is 0. The van der Waals surface area contributed by atoms with E-state index in [1.807, 2.05) is 0 Å². The predicted molar refractivity (Wildman–Crippen MR) is 89.5 cm³/mol. The predicted octanol–water partition coefficient (Wildman–Crippen LogP) is 7.47. The Bertz CT molecular complexity index is 123. The molecule has 0 unspecified atom stereocenters. The molecule has 0 heteroatoms. The minimum Gasteiger partial charge on any atom is -0.0654 e. The third-order valence-electron chi connectivity index (χ3n) is 4.10. The minimum absolute atomic E-state index is 1.32. The van der Waals surface area contributed by atoms with Crippen molar-refractivity contribution in [3.05, 3.63) is 6.42 Å². The summed E-state index contributed by atoms with van der Waals surface area (Å²) < 4.78 is 0. The Morgan fingerprint density at radius 1 is 0.474 bits per heavy atom. The van der Waals surface area contributed by atoms with E-state index < -0.39 is 0 Å². The fourth-order valence-corrected chi connectivity index (χ4v) is 2.72. The molecule has 0 N–H and O–H groups in total. The van der Waals surface area contributed by atoms with Crippen LogP contribution in [0.1, 0.15) is 117 Å². The Balaban J connectivity index is 2.88. The molecule has 0 heterocycles. The van der Waals surface area contributed by atoms with Crippen LogP contribution in [-0.2, 0) is 0 Å². The highest BCUT2D eigenvalue weighted by atomic mass is 14.0. The van der Waals surface area contributed by atoms with Crippen LogP contribution in [0.15, 0.2) is 0 Å². The van der Waals surface area contributed by atoms with Gasteiger partial charge in [0.25, 0.3) is 0 Å². The van der Waals surface area contributed by atoms with Crippen molar-refractivity contribution in [2.45, 2.75) is 117 Å². The van der Waals surface area contributed by atoms with E-state index in [1.54, 1.807) is 0 Å². The quantitative estimate of drug-likeness (QED) is 0.254. The van der Waals surface area contributed by atoms with Crippen LogP contribution in [0.3, 0.4) is 0 Å². The van der Waals surface area contributed by atoms with Gasteiger partial charge in [-0.2, -0.15) is 0 Å². The monoisotopic (exact) mass is 267 g/mol. The molecule has 0 aliphatic carbocycles. The molecule has 0 aromatic rings. The highest BCUT2D eigenvalue weighted by Crippen LogP contribution is 2.13.